The van der Waals surface area contributed by atoms with Gasteiger partial charge in [-0.15, -0.1) is 0 Å². The zero-order valence-corrected chi connectivity index (χ0v) is 12.0. The lowest BCUT2D eigenvalue weighted by Crippen LogP contribution is -2.23. The van der Waals surface area contributed by atoms with Crippen molar-refractivity contribution in [3.63, 3.8) is 0 Å². The van der Waals surface area contributed by atoms with Gasteiger partial charge in [-0.2, -0.15) is 0 Å². The van der Waals surface area contributed by atoms with Gasteiger partial charge in [0, 0.05) is 18.4 Å². The number of aromatic nitrogens is 1. The van der Waals surface area contributed by atoms with Crippen molar-refractivity contribution < 1.29 is 0 Å². The molecule has 0 radical (unpaired) electrons. The van der Waals surface area contributed by atoms with Gasteiger partial charge in [-0.3, -0.25) is 4.98 Å². The van der Waals surface area contributed by atoms with Gasteiger partial charge in [-0.05, 0) is 55.6 Å². The number of benzene rings is 1. The molecule has 1 aromatic heterocycles. The van der Waals surface area contributed by atoms with Crippen molar-refractivity contribution in [1.29, 1.82) is 0 Å². The second-order valence-electron chi connectivity index (χ2n) is 5.03. The number of rotatable bonds is 5. The van der Waals surface area contributed by atoms with Crippen LogP contribution in [0, 0.1) is 13.8 Å². The van der Waals surface area contributed by atoms with Crippen LogP contribution in [0.25, 0.3) is 0 Å². The highest BCUT2D eigenvalue weighted by Crippen LogP contribution is 2.22. The number of likely N-dealkylation sites (N-methyl/N-ethyl adjacent to an activating group) is 1. The smallest absolute Gasteiger partial charge is 0.0363 e. The maximum absolute atomic E-state index is 4.08. The van der Waals surface area contributed by atoms with Gasteiger partial charge in [0.25, 0.3) is 0 Å². The maximum atomic E-state index is 4.08. The van der Waals surface area contributed by atoms with Crippen LogP contribution in [0.15, 0.2) is 42.7 Å². The van der Waals surface area contributed by atoms with E-state index in [9.17, 15) is 0 Å². The minimum Gasteiger partial charge on any atom is -0.310 e. The normalized spacial score (nSPS) is 12.4. The number of pyridine rings is 1. The first-order valence-electron chi connectivity index (χ1n) is 6.90. The third-order valence-electron chi connectivity index (χ3n) is 3.44. The van der Waals surface area contributed by atoms with E-state index in [1.54, 1.807) is 0 Å². The van der Waals surface area contributed by atoms with E-state index < -0.39 is 0 Å². The topological polar surface area (TPSA) is 24.9 Å². The number of aryl methyl sites for hydroxylation is 2. The van der Waals surface area contributed by atoms with Crippen LogP contribution in [0.3, 0.4) is 0 Å². The molecular weight excluding hydrogens is 232 g/mol. The maximum Gasteiger partial charge on any atom is 0.0363 e. The largest absolute Gasteiger partial charge is 0.310 e. The van der Waals surface area contributed by atoms with Crippen molar-refractivity contribution in [1.82, 2.24) is 10.3 Å². The van der Waals surface area contributed by atoms with Gasteiger partial charge in [0.2, 0.25) is 0 Å². The molecule has 1 aromatic carbocycles. The summed E-state index contributed by atoms with van der Waals surface area (Å²) in [6.45, 7) is 7.47. The first kappa shape index (κ1) is 13.8. The SMILES string of the molecule is CCNC(Cc1ccncc1)c1ccc(C)cc1C. The molecule has 1 atom stereocenters. The molecule has 1 N–H and O–H groups in total. The molecule has 2 rings (SSSR count). The standard InChI is InChI=1S/C17H22N2/c1-4-19-17(12-15-7-9-18-10-8-15)16-6-5-13(2)11-14(16)3/h5-11,17,19H,4,12H2,1-3H3. The summed E-state index contributed by atoms with van der Waals surface area (Å²) in [5.41, 5.74) is 5.39. The quantitative estimate of drug-likeness (QED) is 0.882. The van der Waals surface area contributed by atoms with Gasteiger partial charge in [-0.1, -0.05) is 30.7 Å². The average Bonchev–Trinajstić information content (AvgIpc) is 2.39. The molecule has 2 heteroatoms. The molecule has 2 nitrogen and oxygen atoms in total. The Morgan fingerprint density at radius 3 is 2.47 bits per heavy atom. The molecule has 1 heterocycles. The van der Waals surface area contributed by atoms with Crippen LogP contribution in [-0.4, -0.2) is 11.5 Å². The lowest BCUT2D eigenvalue weighted by molar-refractivity contribution is 0.547. The van der Waals surface area contributed by atoms with Gasteiger partial charge in [0.05, 0.1) is 0 Å². The Morgan fingerprint density at radius 2 is 1.84 bits per heavy atom. The van der Waals surface area contributed by atoms with Gasteiger partial charge in [0.1, 0.15) is 0 Å². The van der Waals surface area contributed by atoms with E-state index in [0.717, 1.165) is 13.0 Å². The summed E-state index contributed by atoms with van der Waals surface area (Å²) in [4.78, 5) is 4.08. The van der Waals surface area contributed by atoms with E-state index >= 15 is 0 Å². The average molecular weight is 254 g/mol. The van der Waals surface area contributed by atoms with Gasteiger partial charge < -0.3 is 5.32 Å². The lowest BCUT2D eigenvalue weighted by Gasteiger charge is -2.21. The number of hydrogen-bond donors (Lipinski definition) is 1. The van der Waals surface area contributed by atoms with Crippen LogP contribution in [0.4, 0.5) is 0 Å². The number of nitrogens with zero attached hydrogens (tertiary/aromatic N) is 1. The summed E-state index contributed by atoms with van der Waals surface area (Å²) in [7, 11) is 0. The monoisotopic (exact) mass is 254 g/mol. The summed E-state index contributed by atoms with van der Waals surface area (Å²) in [5.74, 6) is 0. The predicted molar refractivity (Wildman–Crippen MR) is 80.3 cm³/mol. The van der Waals surface area contributed by atoms with E-state index in [2.05, 4.69) is 61.4 Å². The molecule has 0 bridgehead atoms. The van der Waals surface area contributed by atoms with Gasteiger partial charge in [-0.25, -0.2) is 0 Å². The zero-order chi connectivity index (χ0) is 13.7. The van der Waals surface area contributed by atoms with Crippen molar-refractivity contribution in [2.45, 2.75) is 33.2 Å². The van der Waals surface area contributed by atoms with E-state index in [1.165, 1.54) is 22.3 Å². The van der Waals surface area contributed by atoms with Crippen molar-refractivity contribution in [3.05, 3.63) is 65.0 Å². The number of hydrogen-bond acceptors (Lipinski definition) is 2. The fourth-order valence-corrected chi connectivity index (χ4v) is 2.51. The minimum atomic E-state index is 0.369. The Bertz CT molecular complexity index is 520. The minimum absolute atomic E-state index is 0.369. The molecular formula is C17H22N2. The highest BCUT2D eigenvalue weighted by molar-refractivity contribution is 5.34. The van der Waals surface area contributed by atoms with Crippen LogP contribution in [0.2, 0.25) is 0 Å². The van der Waals surface area contributed by atoms with Crippen molar-refractivity contribution in [2.24, 2.45) is 0 Å². The summed E-state index contributed by atoms with van der Waals surface area (Å²) in [6.07, 6.45) is 4.72. The fourth-order valence-electron chi connectivity index (χ4n) is 2.51. The molecule has 0 aliphatic heterocycles. The van der Waals surface area contributed by atoms with E-state index in [4.69, 9.17) is 0 Å². The van der Waals surface area contributed by atoms with E-state index in [1.807, 2.05) is 12.4 Å². The van der Waals surface area contributed by atoms with Gasteiger partial charge >= 0.3 is 0 Å². The summed E-state index contributed by atoms with van der Waals surface area (Å²) in [5, 5.41) is 3.59. The molecule has 100 valence electrons. The molecule has 0 spiro atoms. The van der Waals surface area contributed by atoms with Crippen LogP contribution >= 0.6 is 0 Å². The third kappa shape index (κ3) is 3.65. The molecule has 0 saturated heterocycles. The van der Waals surface area contributed by atoms with Crippen molar-refractivity contribution in [2.75, 3.05) is 6.54 Å². The Balaban J connectivity index is 2.24. The van der Waals surface area contributed by atoms with Crippen LogP contribution in [0.1, 0.15) is 35.2 Å². The van der Waals surface area contributed by atoms with E-state index in [0.29, 0.717) is 6.04 Å². The van der Waals surface area contributed by atoms with Gasteiger partial charge in [0.15, 0.2) is 0 Å². The molecule has 0 fully saturated rings. The fraction of sp³-hybridized carbons (Fsp3) is 0.353. The zero-order valence-electron chi connectivity index (χ0n) is 12.0. The Morgan fingerprint density at radius 1 is 1.11 bits per heavy atom. The molecule has 0 aliphatic rings. The molecule has 19 heavy (non-hydrogen) atoms. The molecule has 0 amide bonds. The highest BCUT2D eigenvalue weighted by atomic mass is 14.9. The third-order valence-corrected chi connectivity index (χ3v) is 3.44. The Hall–Kier alpha value is -1.67. The summed E-state index contributed by atoms with van der Waals surface area (Å²) < 4.78 is 0. The Labute approximate surface area is 115 Å². The molecule has 2 aromatic rings. The number of nitrogens with one attached hydrogen (secondary N) is 1. The Kier molecular flexibility index (Phi) is 4.69. The van der Waals surface area contributed by atoms with Crippen LogP contribution < -0.4 is 5.32 Å². The predicted octanol–water partition coefficient (Wildman–Crippen LogP) is 3.59. The second kappa shape index (κ2) is 6.48. The lowest BCUT2D eigenvalue weighted by atomic mass is 9.94. The summed E-state index contributed by atoms with van der Waals surface area (Å²) >= 11 is 0. The first-order chi connectivity index (χ1) is 9.20. The molecule has 0 aliphatic carbocycles. The summed E-state index contributed by atoms with van der Waals surface area (Å²) in [6, 6.07) is 11.2. The van der Waals surface area contributed by atoms with Crippen molar-refractivity contribution in [3.8, 4) is 0 Å². The second-order valence-corrected chi connectivity index (χ2v) is 5.03. The van der Waals surface area contributed by atoms with Crippen molar-refractivity contribution >= 4 is 0 Å². The molecule has 0 saturated carbocycles. The van der Waals surface area contributed by atoms with E-state index in [-0.39, 0.29) is 0 Å². The highest BCUT2D eigenvalue weighted by Gasteiger charge is 2.13. The van der Waals surface area contributed by atoms with Crippen LogP contribution in [0.5, 0.6) is 0 Å². The molecule has 1 unspecified atom stereocenters. The first-order valence-corrected chi connectivity index (χ1v) is 6.90. The van der Waals surface area contributed by atoms with Crippen LogP contribution in [-0.2, 0) is 6.42 Å².